The van der Waals surface area contributed by atoms with Gasteiger partial charge in [0.2, 0.25) is 5.91 Å². The Labute approximate surface area is 182 Å². The van der Waals surface area contributed by atoms with E-state index >= 15 is 0 Å². The average Bonchev–Trinajstić information content (AvgIpc) is 2.73. The van der Waals surface area contributed by atoms with Gasteiger partial charge >= 0.3 is 0 Å². The van der Waals surface area contributed by atoms with E-state index in [-0.39, 0.29) is 48.3 Å². The zero-order valence-electron chi connectivity index (χ0n) is 17.5. The minimum atomic E-state index is -3.04. The van der Waals surface area contributed by atoms with Crippen LogP contribution in [-0.4, -0.2) is 56.7 Å². The lowest BCUT2D eigenvalue weighted by atomic mass is 9.98. The Bertz CT molecular complexity index is 1050. The number of aromatic nitrogens is 2. The van der Waals surface area contributed by atoms with Crippen LogP contribution in [0.3, 0.4) is 0 Å². The van der Waals surface area contributed by atoms with Gasteiger partial charge in [-0.3, -0.25) is 19.7 Å². The van der Waals surface area contributed by atoms with Gasteiger partial charge in [-0.1, -0.05) is 6.07 Å². The number of carbonyl (C=O) groups excluding carboxylic acids is 2. The Hall–Kier alpha value is -3.70. The number of hydrogen-bond acceptors (Lipinski definition) is 7. The third kappa shape index (κ3) is 5.50. The highest BCUT2D eigenvalue weighted by Crippen LogP contribution is 2.31. The summed E-state index contributed by atoms with van der Waals surface area (Å²) >= 11 is 0. The zero-order chi connectivity index (χ0) is 23.5. The summed E-state index contributed by atoms with van der Waals surface area (Å²) in [5, 5.41) is 16.3. The summed E-state index contributed by atoms with van der Waals surface area (Å²) in [6.07, 6.45) is 0.907. The van der Waals surface area contributed by atoms with E-state index < -0.39 is 29.3 Å². The first-order valence-electron chi connectivity index (χ1n) is 9.84. The fourth-order valence-electron chi connectivity index (χ4n) is 3.39. The highest BCUT2D eigenvalue weighted by Gasteiger charge is 2.42. The predicted molar refractivity (Wildman–Crippen MR) is 111 cm³/mol. The second-order valence-electron chi connectivity index (χ2n) is 7.56. The number of nitro groups is 1. The van der Waals surface area contributed by atoms with Crippen molar-refractivity contribution >= 4 is 29.1 Å². The molecule has 0 bridgehead atoms. The molecular weight excluding hydrogens is 426 g/mol. The van der Waals surface area contributed by atoms with E-state index in [1.165, 1.54) is 25.3 Å². The van der Waals surface area contributed by atoms with Gasteiger partial charge in [-0.05, 0) is 25.0 Å². The molecule has 1 aliphatic heterocycles. The number of anilines is 2. The minimum Gasteiger partial charge on any atom is -0.354 e. The van der Waals surface area contributed by atoms with Gasteiger partial charge in [-0.25, -0.2) is 18.7 Å². The number of hydrogen-bond donors (Lipinski definition) is 2. The summed E-state index contributed by atoms with van der Waals surface area (Å²) in [5.41, 5.74) is 0.257. The molecule has 3 heterocycles. The Kier molecular flexibility index (Phi) is 6.61. The summed E-state index contributed by atoms with van der Waals surface area (Å²) in [4.78, 5) is 44.1. The molecule has 1 atom stereocenters. The van der Waals surface area contributed by atoms with Crippen molar-refractivity contribution in [3.8, 4) is 0 Å². The molecule has 2 aromatic heterocycles. The van der Waals surface area contributed by atoms with Crippen molar-refractivity contribution < 1.29 is 23.3 Å². The van der Waals surface area contributed by atoms with Crippen molar-refractivity contribution in [3.63, 3.8) is 0 Å². The summed E-state index contributed by atoms with van der Waals surface area (Å²) in [5.74, 6) is -3.73. The quantitative estimate of drug-likeness (QED) is 0.513. The summed E-state index contributed by atoms with van der Waals surface area (Å²) in [6.45, 7) is 2.22. The van der Waals surface area contributed by atoms with E-state index in [4.69, 9.17) is 0 Å². The normalized spacial score (nSPS) is 17.5. The first-order valence-corrected chi connectivity index (χ1v) is 9.84. The zero-order valence-corrected chi connectivity index (χ0v) is 17.5. The molecule has 170 valence electrons. The van der Waals surface area contributed by atoms with Gasteiger partial charge in [-0.2, -0.15) is 0 Å². The number of alkyl halides is 2. The van der Waals surface area contributed by atoms with Crippen LogP contribution in [0.25, 0.3) is 0 Å². The molecule has 0 saturated carbocycles. The van der Waals surface area contributed by atoms with E-state index in [1.807, 2.05) is 0 Å². The van der Waals surface area contributed by atoms with Crippen LogP contribution in [0, 0.1) is 17.0 Å². The molecule has 2 N–H and O–H groups in total. The molecule has 1 saturated heterocycles. The van der Waals surface area contributed by atoms with Gasteiger partial charge in [-0.15, -0.1) is 0 Å². The molecule has 12 heteroatoms. The van der Waals surface area contributed by atoms with Gasteiger partial charge in [0.15, 0.2) is 0 Å². The molecular formula is C20H22F2N6O4. The Balaban J connectivity index is 1.86. The summed E-state index contributed by atoms with van der Waals surface area (Å²) < 4.78 is 28.2. The molecule has 0 aliphatic carbocycles. The molecule has 32 heavy (non-hydrogen) atoms. The van der Waals surface area contributed by atoms with Gasteiger partial charge in [0.25, 0.3) is 17.5 Å². The third-order valence-electron chi connectivity index (χ3n) is 5.04. The van der Waals surface area contributed by atoms with Crippen molar-refractivity contribution in [3.05, 3.63) is 51.8 Å². The smallest absolute Gasteiger partial charge is 0.274 e. The lowest BCUT2D eigenvalue weighted by Crippen LogP contribution is -2.55. The number of amides is 2. The molecule has 1 fully saturated rings. The van der Waals surface area contributed by atoms with Crippen LogP contribution in [0.15, 0.2) is 30.5 Å². The Morgan fingerprint density at radius 1 is 1.31 bits per heavy atom. The minimum absolute atomic E-state index is 0.0353. The van der Waals surface area contributed by atoms with Crippen LogP contribution in [0.1, 0.15) is 35.8 Å². The SMILES string of the molecule is CC(=O)NC[C@H]1CCC(F)(F)CN1C(=O)c1nc(Nc2cc([N+](=O)[O-])ccn2)ccc1C. The van der Waals surface area contributed by atoms with Crippen LogP contribution in [-0.2, 0) is 4.79 Å². The molecule has 0 unspecified atom stereocenters. The van der Waals surface area contributed by atoms with Crippen LogP contribution >= 0.6 is 0 Å². The molecule has 2 aromatic rings. The average molecular weight is 448 g/mol. The molecule has 1 aliphatic rings. The van der Waals surface area contributed by atoms with Crippen LogP contribution in [0.4, 0.5) is 26.1 Å². The van der Waals surface area contributed by atoms with Gasteiger partial charge in [0.05, 0.1) is 17.5 Å². The number of rotatable bonds is 6. The predicted octanol–water partition coefficient (Wildman–Crippen LogP) is 2.81. The second kappa shape index (κ2) is 9.20. The largest absolute Gasteiger partial charge is 0.354 e. The van der Waals surface area contributed by atoms with Gasteiger partial charge < -0.3 is 15.5 Å². The molecule has 0 aromatic carbocycles. The number of pyridine rings is 2. The Morgan fingerprint density at radius 2 is 2.06 bits per heavy atom. The number of halogens is 2. The fraction of sp³-hybridized carbons (Fsp3) is 0.400. The van der Waals surface area contributed by atoms with Crippen LogP contribution in [0.5, 0.6) is 0 Å². The van der Waals surface area contributed by atoms with E-state index in [0.717, 1.165) is 4.90 Å². The fourth-order valence-corrected chi connectivity index (χ4v) is 3.39. The Morgan fingerprint density at radius 3 is 2.75 bits per heavy atom. The van der Waals surface area contributed by atoms with E-state index in [9.17, 15) is 28.5 Å². The number of nitrogens with zero attached hydrogens (tertiary/aromatic N) is 4. The molecule has 0 radical (unpaired) electrons. The first kappa shape index (κ1) is 23.0. The molecule has 10 nitrogen and oxygen atoms in total. The van der Waals surface area contributed by atoms with Crippen molar-refractivity contribution in [2.75, 3.05) is 18.4 Å². The van der Waals surface area contributed by atoms with Gasteiger partial charge in [0, 0.05) is 38.2 Å². The van der Waals surface area contributed by atoms with Crippen molar-refractivity contribution in [1.82, 2.24) is 20.2 Å². The molecule has 2 amide bonds. The van der Waals surface area contributed by atoms with E-state index in [0.29, 0.717) is 5.56 Å². The number of likely N-dealkylation sites (tertiary alicyclic amines) is 1. The van der Waals surface area contributed by atoms with E-state index in [1.54, 1.807) is 19.1 Å². The maximum absolute atomic E-state index is 14.1. The van der Waals surface area contributed by atoms with Crippen LogP contribution < -0.4 is 10.6 Å². The van der Waals surface area contributed by atoms with Gasteiger partial charge in [0.1, 0.15) is 17.3 Å². The molecule has 3 rings (SSSR count). The number of nitrogens with one attached hydrogen (secondary N) is 2. The maximum Gasteiger partial charge on any atom is 0.274 e. The third-order valence-corrected chi connectivity index (χ3v) is 5.04. The summed E-state index contributed by atoms with van der Waals surface area (Å²) in [6, 6.07) is 4.98. The summed E-state index contributed by atoms with van der Waals surface area (Å²) in [7, 11) is 0. The standard InChI is InChI=1S/C20H22F2N6O4/c1-12-3-4-16(25-17-9-14(28(31)32)6-8-23-17)26-18(12)19(30)27-11-20(21,22)7-5-15(27)10-24-13(2)29/h3-4,6,8-9,15H,5,7,10-11H2,1-2H3,(H,24,29)(H,23,25,26)/t15-/m1/s1. The number of aryl methyl sites for hydroxylation is 1. The van der Waals surface area contributed by atoms with Crippen molar-refractivity contribution in [2.45, 2.75) is 38.7 Å². The maximum atomic E-state index is 14.1. The van der Waals surface area contributed by atoms with Crippen molar-refractivity contribution in [2.24, 2.45) is 0 Å². The second-order valence-corrected chi connectivity index (χ2v) is 7.56. The number of carbonyl (C=O) groups is 2. The van der Waals surface area contributed by atoms with Crippen molar-refractivity contribution in [1.29, 1.82) is 0 Å². The molecule has 0 spiro atoms. The first-order chi connectivity index (χ1) is 15.1. The monoisotopic (exact) mass is 448 g/mol. The van der Waals surface area contributed by atoms with Crippen LogP contribution in [0.2, 0.25) is 0 Å². The highest BCUT2D eigenvalue weighted by atomic mass is 19.3. The number of piperidine rings is 1. The highest BCUT2D eigenvalue weighted by molar-refractivity contribution is 5.94. The van der Waals surface area contributed by atoms with E-state index in [2.05, 4.69) is 20.6 Å². The lowest BCUT2D eigenvalue weighted by Gasteiger charge is -2.39. The topological polar surface area (TPSA) is 130 Å². The lowest BCUT2D eigenvalue weighted by molar-refractivity contribution is -0.384.